The molecule has 2 aliphatic rings. The van der Waals surface area contributed by atoms with Gasteiger partial charge < -0.3 is 9.73 Å². The first-order valence-corrected chi connectivity index (χ1v) is 7.87. The van der Waals surface area contributed by atoms with Gasteiger partial charge in [-0.15, -0.1) is 10.2 Å². The third-order valence-corrected chi connectivity index (χ3v) is 4.76. The van der Waals surface area contributed by atoms with Crippen LogP contribution in [0, 0.1) is 5.92 Å². The van der Waals surface area contributed by atoms with Crippen molar-refractivity contribution in [2.24, 2.45) is 5.92 Å². The Morgan fingerprint density at radius 1 is 1.24 bits per heavy atom. The van der Waals surface area contributed by atoms with Crippen LogP contribution in [0.2, 0.25) is 0 Å². The maximum Gasteiger partial charge on any atom is 0.230 e. The zero-order valence-corrected chi connectivity index (χ0v) is 12.5. The van der Waals surface area contributed by atoms with Crippen LogP contribution in [0.3, 0.4) is 0 Å². The topological polar surface area (TPSA) is 51.0 Å². The number of fused-ring (bicyclic) bond motifs is 3. The molecule has 0 aliphatic heterocycles. The van der Waals surface area contributed by atoms with Crippen molar-refractivity contribution in [3.05, 3.63) is 47.2 Å². The average molecular weight is 283 g/mol. The fourth-order valence-electron chi connectivity index (χ4n) is 3.67. The molecule has 1 aromatic heterocycles. The maximum atomic E-state index is 5.88. The number of aryl methyl sites for hydroxylation is 1. The molecule has 1 fully saturated rings. The first kappa shape index (κ1) is 13.0. The molecule has 110 valence electrons. The van der Waals surface area contributed by atoms with Crippen LogP contribution in [-0.4, -0.2) is 16.2 Å². The van der Waals surface area contributed by atoms with Crippen molar-refractivity contribution < 1.29 is 4.42 Å². The van der Waals surface area contributed by atoms with Gasteiger partial charge in [-0.3, -0.25) is 0 Å². The lowest BCUT2D eigenvalue weighted by atomic mass is 9.92. The predicted molar refractivity (Wildman–Crippen MR) is 80.0 cm³/mol. The molecule has 1 heterocycles. The molecule has 3 atom stereocenters. The number of hydrogen-bond acceptors (Lipinski definition) is 4. The number of nitrogens with zero attached hydrogens (tertiary/aromatic N) is 2. The van der Waals surface area contributed by atoms with Gasteiger partial charge >= 0.3 is 0 Å². The minimum Gasteiger partial charge on any atom is -0.424 e. The summed E-state index contributed by atoms with van der Waals surface area (Å²) < 4.78 is 5.88. The Kier molecular flexibility index (Phi) is 3.07. The molecule has 2 aromatic rings. The summed E-state index contributed by atoms with van der Waals surface area (Å²) >= 11 is 0. The SMILES string of the molecule is CC(C)NCc1nnc(C2C3CCc4ccccc4C32)o1. The molecule has 0 radical (unpaired) electrons. The predicted octanol–water partition coefficient (Wildman–Crippen LogP) is 3.01. The largest absolute Gasteiger partial charge is 0.424 e. The molecule has 4 heteroatoms. The minimum atomic E-state index is 0.427. The van der Waals surface area contributed by atoms with Crippen molar-refractivity contribution in [2.75, 3.05) is 0 Å². The van der Waals surface area contributed by atoms with Gasteiger partial charge in [0.1, 0.15) is 0 Å². The van der Waals surface area contributed by atoms with E-state index in [-0.39, 0.29) is 0 Å². The van der Waals surface area contributed by atoms with Crippen LogP contribution in [-0.2, 0) is 13.0 Å². The maximum absolute atomic E-state index is 5.88. The van der Waals surface area contributed by atoms with Crippen molar-refractivity contribution in [3.8, 4) is 0 Å². The van der Waals surface area contributed by atoms with E-state index >= 15 is 0 Å². The number of hydrogen-bond donors (Lipinski definition) is 1. The lowest BCUT2D eigenvalue weighted by Crippen LogP contribution is -2.21. The standard InChI is InChI=1S/C17H21N3O/c1-10(2)18-9-14-19-20-17(21-14)16-13-8-7-11-5-3-4-6-12(11)15(13)16/h3-6,10,13,15-16,18H,7-9H2,1-2H3. The van der Waals surface area contributed by atoms with E-state index in [1.807, 2.05) is 0 Å². The summed E-state index contributed by atoms with van der Waals surface area (Å²) in [5.41, 5.74) is 3.00. The highest BCUT2D eigenvalue weighted by Gasteiger charge is 2.56. The second kappa shape index (κ2) is 4.95. The zero-order chi connectivity index (χ0) is 14.4. The summed E-state index contributed by atoms with van der Waals surface area (Å²) in [6, 6.07) is 9.23. The lowest BCUT2D eigenvalue weighted by molar-refractivity contribution is 0.417. The third-order valence-electron chi connectivity index (χ3n) is 4.76. The van der Waals surface area contributed by atoms with Crippen molar-refractivity contribution in [1.82, 2.24) is 15.5 Å². The monoisotopic (exact) mass is 283 g/mol. The molecule has 4 nitrogen and oxygen atoms in total. The van der Waals surface area contributed by atoms with Crippen molar-refractivity contribution in [2.45, 2.75) is 51.1 Å². The van der Waals surface area contributed by atoms with E-state index in [1.54, 1.807) is 0 Å². The van der Waals surface area contributed by atoms with Crippen LogP contribution < -0.4 is 5.32 Å². The summed E-state index contributed by atoms with van der Waals surface area (Å²) in [4.78, 5) is 0. The smallest absolute Gasteiger partial charge is 0.230 e. The van der Waals surface area contributed by atoms with Crippen LogP contribution in [0.25, 0.3) is 0 Å². The minimum absolute atomic E-state index is 0.427. The summed E-state index contributed by atoms with van der Waals surface area (Å²) in [5.74, 6) is 3.28. The molecule has 2 aliphatic carbocycles. The van der Waals surface area contributed by atoms with E-state index in [0.29, 0.717) is 36.2 Å². The molecule has 4 rings (SSSR count). The number of aromatic nitrogens is 2. The number of nitrogens with one attached hydrogen (secondary N) is 1. The van der Waals surface area contributed by atoms with E-state index in [0.717, 1.165) is 5.89 Å². The molecule has 1 aromatic carbocycles. The highest BCUT2D eigenvalue weighted by Crippen LogP contribution is 2.64. The summed E-state index contributed by atoms with van der Waals surface area (Å²) in [5, 5.41) is 11.8. The highest BCUT2D eigenvalue weighted by molar-refractivity contribution is 5.42. The molecular formula is C17H21N3O. The van der Waals surface area contributed by atoms with Crippen LogP contribution >= 0.6 is 0 Å². The molecule has 0 amide bonds. The van der Waals surface area contributed by atoms with Crippen LogP contribution in [0.1, 0.15) is 55.0 Å². The Balaban J connectivity index is 1.52. The Hall–Kier alpha value is -1.68. The molecule has 0 saturated heterocycles. The van der Waals surface area contributed by atoms with Gasteiger partial charge in [0.05, 0.1) is 6.54 Å². The highest BCUT2D eigenvalue weighted by atomic mass is 16.4. The van der Waals surface area contributed by atoms with Crippen molar-refractivity contribution in [1.29, 1.82) is 0 Å². The quantitative estimate of drug-likeness (QED) is 0.937. The molecule has 1 saturated carbocycles. The first-order valence-electron chi connectivity index (χ1n) is 7.87. The van der Waals surface area contributed by atoms with Crippen molar-refractivity contribution >= 4 is 0 Å². The molecule has 0 bridgehead atoms. The van der Waals surface area contributed by atoms with Gasteiger partial charge in [-0.25, -0.2) is 0 Å². The number of benzene rings is 1. The molecule has 1 N–H and O–H groups in total. The third kappa shape index (κ3) is 2.27. The zero-order valence-electron chi connectivity index (χ0n) is 12.5. The Morgan fingerprint density at radius 2 is 2.10 bits per heavy atom. The van der Waals surface area contributed by atoms with Gasteiger partial charge in [0.2, 0.25) is 11.8 Å². The summed E-state index contributed by atoms with van der Waals surface area (Å²) in [6.07, 6.45) is 2.43. The molecule has 0 spiro atoms. The molecule has 3 unspecified atom stereocenters. The Labute approximate surface area is 125 Å². The Morgan fingerprint density at radius 3 is 2.95 bits per heavy atom. The van der Waals surface area contributed by atoms with Crippen LogP contribution in [0.15, 0.2) is 28.7 Å². The van der Waals surface area contributed by atoms with E-state index < -0.39 is 0 Å². The number of rotatable bonds is 4. The van der Waals surface area contributed by atoms with Gasteiger partial charge in [-0.2, -0.15) is 0 Å². The van der Waals surface area contributed by atoms with E-state index in [4.69, 9.17) is 4.42 Å². The van der Waals surface area contributed by atoms with E-state index in [1.165, 1.54) is 24.0 Å². The second-order valence-corrected chi connectivity index (χ2v) is 6.52. The van der Waals surface area contributed by atoms with Gasteiger partial charge in [-0.1, -0.05) is 38.1 Å². The fraction of sp³-hybridized carbons (Fsp3) is 0.529. The normalized spacial score (nSPS) is 26.5. The second-order valence-electron chi connectivity index (χ2n) is 6.52. The lowest BCUT2D eigenvalue weighted by Gasteiger charge is -2.13. The average Bonchev–Trinajstić information content (AvgIpc) is 3.06. The fourth-order valence-corrected chi connectivity index (χ4v) is 3.67. The van der Waals surface area contributed by atoms with E-state index in [2.05, 4.69) is 53.6 Å². The van der Waals surface area contributed by atoms with Gasteiger partial charge in [0, 0.05) is 12.0 Å². The van der Waals surface area contributed by atoms with Crippen LogP contribution in [0.4, 0.5) is 0 Å². The van der Waals surface area contributed by atoms with Gasteiger partial charge in [0.15, 0.2) is 0 Å². The van der Waals surface area contributed by atoms with Gasteiger partial charge in [0.25, 0.3) is 0 Å². The van der Waals surface area contributed by atoms with Gasteiger partial charge in [-0.05, 0) is 35.8 Å². The van der Waals surface area contributed by atoms with Crippen LogP contribution in [0.5, 0.6) is 0 Å². The van der Waals surface area contributed by atoms with E-state index in [9.17, 15) is 0 Å². The summed E-state index contributed by atoms with van der Waals surface area (Å²) in [6.45, 7) is 4.89. The molecular weight excluding hydrogens is 262 g/mol. The Bertz CT molecular complexity index is 649. The van der Waals surface area contributed by atoms with Crippen molar-refractivity contribution in [3.63, 3.8) is 0 Å². The first-order chi connectivity index (χ1) is 10.2. The molecule has 21 heavy (non-hydrogen) atoms. The summed E-state index contributed by atoms with van der Waals surface area (Å²) in [7, 11) is 0.